The summed E-state index contributed by atoms with van der Waals surface area (Å²) in [7, 11) is 8.09. The number of aryl methyl sites for hydroxylation is 4. The molecule has 5 aromatic rings. The average molecular weight is 975 g/mol. The van der Waals surface area contributed by atoms with Crippen LogP contribution in [0.25, 0.3) is 21.8 Å². The Hall–Kier alpha value is -4.98. The third-order valence-corrected chi connectivity index (χ3v) is 12.4. The fourth-order valence-electron chi connectivity index (χ4n) is 9.26. The van der Waals surface area contributed by atoms with Gasteiger partial charge in [0.1, 0.15) is 0 Å². The molecule has 0 saturated carbocycles. The first kappa shape index (κ1) is 57.3. The Morgan fingerprint density at radius 3 is 1.72 bits per heavy atom. The molecule has 3 heterocycles. The van der Waals surface area contributed by atoms with E-state index in [4.69, 9.17) is 28.9 Å². The van der Waals surface area contributed by atoms with Crippen molar-refractivity contribution in [2.24, 2.45) is 5.73 Å². The van der Waals surface area contributed by atoms with Crippen molar-refractivity contribution in [2.45, 2.75) is 140 Å². The molecule has 0 fully saturated rings. The number of aromatic carboxylic acids is 1. The molecule has 1 amide bonds. The number of nitrogens with two attached hydrogens (primary N) is 1. The number of hydrogen-bond donors (Lipinski definition) is 4. The number of pyridine rings is 1. The van der Waals surface area contributed by atoms with Gasteiger partial charge in [-0.3, -0.25) is 14.4 Å². The molecule has 0 saturated heterocycles. The number of carbonyl (C=O) groups is 3. The molecule has 2 aromatic carbocycles. The number of nitrogens with zero attached hydrogens (tertiary/aromatic N) is 4. The van der Waals surface area contributed by atoms with Crippen LogP contribution in [0.5, 0.6) is 0 Å². The van der Waals surface area contributed by atoms with Gasteiger partial charge in [0, 0.05) is 93.7 Å². The number of aromatic nitrogens is 3. The van der Waals surface area contributed by atoms with E-state index in [9.17, 15) is 24.3 Å². The second-order valence-electron chi connectivity index (χ2n) is 18.8. The van der Waals surface area contributed by atoms with Crippen LogP contribution in [0.2, 0.25) is 10.0 Å². The Labute approximate surface area is 414 Å². The molecule has 0 aliphatic heterocycles. The number of carboxylic acids is 1. The minimum Gasteiger partial charge on any atom is -0.478 e. The summed E-state index contributed by atoms with van der Waals surface area (Å²) in [5.41, 5.74) is 18.0. The molecule has 6 rings (SSSR count). The van der Waals surface area contributed by atoms with Gasteiger partial charge in [-0.05, 0) is 149 Å². The lowest BCUT2D eigenvalue weighted by Crippen LogP contribution is -2.28. The number of rotatable bonds is 15. The molecule has 0 atom stereocenters. The van der Waals surface area contributed by atoms with Crippen molar-refractivity contribution in [3.8, 4) is 0 Å². The van der Waals surface area contributed by atoms with E-state index in [0.717, 1.165) is 105 Å². The summed E-state index contributed by atoms with van der Waals surface area (Å²) >= 11 is 12.6. The first-order valence-corrected chi connectivity index (χ1v) is 24.0. The highest BCUT2D eigenvalue weighted by Crippen LogP contribution is 2.36. The first-order valence-electron chi connectivity index (χ1n) is 23.3. The van der Waals surface area contributed by atoms with Crippen LogP contribution >= 0.6 is 23.2 Å². The number of carbonyl (C=O) groups excluding carboxylic acids is 2. The zero-order valence-electron chi connectivity index (χ0n) is 42.2. The number of benzene rings is 2. The zero-order valence-corrected chi connectivity index (χ0v) is 43.7. The van der Waals surface area contributed by atoms with Gasteiger partial charge < -0.3 is 40.1 Å². The van der Waals surface area contributed by atoms with Crippen LogP contribution in [0.1, 0.15) is 154 Å². The van der Waals surface area contributed by atoms with Crippen molar-refractivity contribution < 1.29 is 19.5 Å². The van der Waals surface area contributed by atoms with Gasteiger partial charge in [0.05, 0.1) is 22.2 Å². The van der Waals surface area contributed by atoms with Gasteiger partial charge in [-0.1, -0.05) is 69.0 Å². The summed E-state index contributed by atoms with van der Waals surface area (Å²) in [5, 5.41) is 15.1. The predicted octanol–water partition coefficient (Wildman–Crippen LogP) is 11.7. The van der Waals surface area contributed by atoms with E-state index < -0.39 is 5.97 Å². The lowest BCUT2D eigenvalue weighted by atomic mass is 9.90. The molecule has 0 radical (unpaired) electrons. The van der Waals surface area contributed by atoms with E-state index in [1.165, 1.54) is 11.8 Å². The highest BCUT2D eigenvalue weighted by atomic mass is 35.5. The molecule has 68 heavy (non-hydrogen) atoms. The number of nitrogens with one attached hydrogen (secondary N) is 2. The van der Waals surface area contributed by atoms with Gasteiger partial charge in [0.25, 0.3) is 11.5 Å². The quantitative estimate of drug-likeness (QED) is 0.0807. The third kappa shape index (κ3) is 13.4. The van der Waals surface area contributed by atoms with E-state index >= 15 is 0 Å². The number of fused-ring (bicyclic) bond motifs is 2. The minimum absolute atomic E-state index is 0. The first-order chi connectivity index (χ1) is 31.5. The van der Waals surface area contributed by atoms with Crippen molar-refractivity contribution in [3.05, 3.63) is 124 Å². The number of amides is 1. The van der Waals surface area contributed by atoms with Crippen LogP contribution in [0.15, 0.2) is 57.9 Å². The summed E-state index contributed by atoms with van der Waals surface area (Å²) in [6.07, 6.45) is 6.43. The Bertz CT molecular complexity index is 2750. The van der Waals surface area contributed by atoms with Crippen molar-refractivity contribution >= 4 is 62.7 Å². The summed E-state index contributed by atoms with van der Waals surface area (Å²) in [6.45, 7) is 22.7. The Balaban J connectivity index is 0.000000298. The summed E-state index contributed by atoms with van der Waals surface area (Å²) in [4.78, 5) is 56.2. The second kappa shape index (κ2) is 25.0. The molecule has 1 aliphatic carbocycles. The van der Waals surface area contributed by atoms with Gasteiger partial charge in [-0.2, -0.15) is 0 Å². The van der Waals surface area contributed by atoms with Crippen molar-refractivity contribution in [1.82, 2.24) is 29.2 Å². The lowest BCUT2D eigenvalue weighted by molar-refractivity contribution is -0.115. The fourth-order valence-corrected chi connectivity index (χ4v) is 9.68. The zero-order chi connectivity index (χ0) is 50.2. The maximum absolute atomic E-state index is 13.4. The highest BCUT2D eigenvalue weighted by molar-refractivity contribution is 6.32. The number of ketones is 1. The average Bonchev–Trinajstić information content (AvgIpc) is 3.65. The van der Waals surface area contributed by atoms with Crippen molar-refractivity contribution in [1.29, 1.82) is 0 Å². The molecular weight excluding hydrogens is 898 g/mol. The number of carboxylic acid groups (broad SMARTS) is 1. The Morgan fingerprint density at radius 1 is 0.794 bits per heavy atom. The summed E-state index contributed by atoms with van der Waals surface area (Å²) < 4.78 is 4.44. The summed E-state index contributed by atoms with van der Waals surface area (Å²) in [6, 6.07) is 9.49. The lowest BCUT2D eigenvalue weighted by Gasteiger charge is -2.18. The number of allylic oxidation sites excluding steroid dienone is 3. The molecule has 12 nitrogen and oxygen atoms in total. The van der Waals surface area contributed by atoms with Crippen LogP contribution in [-0.4, -0.2) is 81.4 Å². The predicted molar refractivity (Wildman–Crippen MR) is 284 cm³/mol. The molecule has 0 bridgehead atoms. The number of H-pyrrole nitrogens is 1. The molecule has 14 heteroatoms. The van der Waals surface area contributed by atoms with Crippen LogP contribution in [0.4, 0.5) is 0 Å². The standard InChI is InChI=1S/C26H35ClN4O2.C16H21ClN2O2.C11H17NO.CH4/c1-8-9-18-10-16(4)29-26(33)21(18)13-28-25(32)20-11-19(27)12-22-24(20)17(5)23(14-30(6)7)31(22)15(2)3;1-9(2)19-13-7-11(17)6-12(16(20)21)15(13)10(3)14(19)8-18(4)5;1-3-4-9-5-8(2)6-11(13)10(9)7-12;/h10-12,15H,8-9,13-14H2,1-7H3,(H,28,32)(H,29,33);6-7,9H,8H2,1-5H3,(H,20,21);5H,3-4,6-7,12H2,1-2H3;1H4. The van der Waals surface area contributed by atoms with Gasteiger partial charge in [0.2, 0.25) is 0 Å². The van der Waals surface area contributed by atoms with Crippen LogP contribution in [-0.2, 0) is 30.8 Å². The molecule has 0 spiro atoms. The van der Waals surface area contributed by atoms with Crippen LogP contribution in [0.3, 0.4) is 0 Å². The molecular formula is C54H77Cl2N7O5. The van der Waals surface area contributed by atoms with Crippen molar-refractivity contribution in [3.63, 3.8) is 0 Å². The maximum atomic E-state index is 13.4. The molecule has 372 valence electrons. The van der Waals surface area contributed by atoms with E-state index in [2.05, 4.69) is 83.8 Å². The van der Waals surface area contributed by atoms with E-state index in [0.29, 0.717) is 34.1 Å². The van der Waals surface area contributed by atoms with Gasteiger partial charge in [-0.25, -0.2) is 4.79 Å². The number of halogens is 2. The number of aromatic amines is 1. The maximum Gasteiger partial charge on any atom is 0.336 e. The van der Waals surface area contributed by atoms with E-state index in [-0.39, 0.29) is 48.9 Å². The van der Waals surface area contributed by atoms with Crippen LogP contribution in [0, 0.1) is 20.8 Å². The molecule has 1 aliphatic rings. The largest absolute Gasteiger partial charge is 0.478 e. The smallest absolute Gasteiger partial charge is 0.336 e. The monoisotopic (exact) mass is 974 g/mol. The minimum atomic E-state index is -0.942. The van der Waals surface area contributed by atoms with Gasteiger partial charge >= 0.3 is 5.97 Å². The summed E-state index contributed by atoms with van der Waals surface area (Å²) in [5.74, 6) is -0.959. The number of hydrogen-bond acceptors (Lipinski definition) is 7. The number of Topliss-reactive ketones (excluding diaryl/α,β-unsaturated/α-hetero) is 1. The van der Waals surface area contributed by atoms with Gasteiger partial charge in [0.15, 0.2) is 5.78 Å². The molecule has 3 aromatic heterocycles. The molecule has 5 N–H and O–H groups in total. The van der Waals surface area contributed by atoms with E-state index in [1.54, 1.807) is 6.07 Å². The molecule has 0 unspecified atom stereocenters. The topological polar surface area (TPSA) is 159 Å². The second-order valence-corrected chi connectivity index (χ2v) is 19.7. The third-order valence-electron chi connectivity index (χ3n) is 11.9. The Morgan fingerprint density at radius 2 is 1.28 bits per heavy atom. The Kier molecular flexibility index (Phi) is 21.1. The van der Waals surface area contributed by atoms with Gasteiger partial charge in [-0.15, -0.1) is 0 Å². The normalized spacial score (nSPS) is 12.7. The fraction of sp³-hybridized carbons (Fsp3) is 0.481. The SMILES string of the molecule is C.CCCC1=C(CN)C(=O)CC(C)=C1.CCCc1cc(C)[nH]c(=O)c1CNC(=O)c1cc(Cl)cc2c1c(C)c(CN(C)C)n2C(C)C.Cc1c(CN(C)C)n(C(C)C)c2cc(Cl)cc(C(=O)O)c12. The highest BCUT2D eigenvalue weighted by Gasteiger charge is 2.25. The van der Waals surface area contributed by atoms with E-state index in [1.807, 2.05) is 67.2 Å². The van der Waals surface area contributed by atoms with Crippen LogP contribution < -0.4 is 16.6 Å². The van der Waals surface area contributed by atoms with Crippen molar-refractivity contribution in [2.75, 3.05) is 34.7 Å².